The summed E-state index contributed by atoms with van der Waals surface area (Å²) in [6.45, 7) is 2.42. The number of benzene rings is 2. The molecule has 0 fully saturated rings. The van der Waals surface area contributed by atoms with Crippen molar-refractivity contribution in [2.24, 2.45) is 0 Å². The van der Waals surface area contributed by atoms with Gasteiger partial charge in [-0.3, -0.25) is 9.10 Å². The quantitative estimate of drug-likeness (QED) is 0.763. The van der Waals surface area contributed by atoms with Gasteiger partial charge in [0.05, 0.1) is 30.7 Å². The Kier molecular flexibility index (Phi) is 6.57. The van der Waals surface area contributed by atoms with Crippen LogP contribution >= 0.6 is 0 Å². The standard InChI is InChI=1S/C18H21FN2O4S/c1-3-25-15-10-8-14(9-11-15)21(26(2,23)24)13-12-20-18(22)16-6-4-5-7-17(16)19/h4-11H,3,12-13H2,1-2H3,(H,20,22). The van der Waals surface area contributed by atoms with Crippen LogP contribution in [0.15, 0.2) is 48.5 Å². The zero-order chi connectivity index (χ0) is 19.2. The third-order valence-electron chi connectivity index (χ3n) is 3.55. The summed E-state index contributed by atoms with van der Waals surface area (Å²) in [5.41, 5.74) is 0.371. The van der Waals surface area contributed by atoms with Crippen molar-refractivity contribution < 1.29 is 22.3 Å². The zero-order valence-electron chi connectivity index (χ0n) is 14.6. The highest BCUT2D eigenvalue weighted by Crippen LogP contribution is 2.21. The van der Waals surface area contributed by atoms with Crippen LogP contribution in [-0.2, 0) is 10.0 Å². The van der Waals surface area contributed by atoms with E-state index >= 15 is 0 Å². The number of nitrogens with one attached hydrogen (secondary N) is 1. The van der Waals surface area contributed by atoms with Crippen molar-refractivity contribution in [3.8, 4) is 5.75 Å². The monoisotopic (exact) mass is 380 g/mol. The van der Waals surface area contributed by atoms with Gasteiger partial charge in [-0.15, -0.1) is 0 Å². The molecular weight excluding hydrogens is 359 g/mol. The molecule has 0 spiro atoms. The molecule has 0 aliphatic carbocycles. The highest BCUT2D eigenvalue weighted by molar-refractivity contribution is 7.92. The van der Waals surface area contributed by atoms with Gasteiger partial charge in [0.2, 0.25) is 10.0 Å². The predicted molar refractivity (Wildman–Crippen MR) is 98.5 cm³/mol. The smallest absolute Gasteiger partial charge is 0.254 e. The van der Waals surface area contributed by atoms with Gasteiger partial charge >= 0.3 is 0 Å². The summed E-state index contributed by atoms with van der Waals surface area (Å²) in [5.74, 6) is -0.586. The second-order valence-electron chi connectivity index (χ2n) is 5.50. The third kappa shape index (κ3) is 5.19. The average Bonchev–Trinajstić information content (AvgIpc) is 2.59. The predicted octanol–water partition coefficient (Wildman–Crippen LogP) is 2.42. The highest BCUT2D eigenvalue weighted by atomic mass is 32.2. The minimum Gasteiger partial charge on any atom is -0.494 e. The van der Waals surface area contributed by atoms with Crippen LogP contribution in [0, 0.1) is 5.82 Å². The van der Waals surface area contributed by atoms with Crippen molar-refractivity contribution >= 4 is 21.6 Å². The summed E-state index contributed by atoms with van der Waals surface area (Å²) >= 11 is 0. The molecule has 26 heavy (non-hydrogen) atoms. The first kappa shape index (κ1) is 19.7. The molecule has 2 aromatic rings. The van der Waals surface area contributed by atoms with E-state index in [4.69, 9.17) is 4.74 Å². The molecule has 8 heteroatoms. The fourth-order valence-corrected chi connectivity index (χ4v) is 3.30. The van der Waals surface area contributed by atoms with E-state index in [1.54, 1.807) is 30.3 Å². The van der Waals surface area contributed by atoms with Gasteiger partial charge in [0.15, 0.2) is 0 Å². The van der Waals surface area contributed by atoms with Gasteiger partial charge in [-0.2, -0.15) is 0 Å². The summed E-state index contributed by atoms with van der Waals surface area (Å²) < 4.78 is 44.2. The Balaban J connectivity index is 2.05. The van der Waals surface area contributed by atoms with Gasteiger partial charge in [0.1, 0.15) is 11.6 Å². The van der Waals surface area contributed by atoms with Crippen molar-refractivity contribution in [1.29, 1.82) is 0 Å². The Morgan fingerprint density at radius 2 is 1.81 bits per heavy atom. The Morgan fingerprint density at radius 1 is 1.15 bits per heavy atom. The molecule has 2 aromatic carbocycles. The first-order valence-corrected chi connectivity index (χ1v) is 9.91. The number of rotatable bonds is 8. The van der Waals surface area contributed by atoms with Gasteiger partial charge < -0.3 is 10.1 Å². The van der Waals surface area contributed by atoms with Gasteiger partial charge in [0, 0.05) is 6.54 Å². The van der Waals surface area contributed by atoms with Gasteiger partial charge in [0.25, 0.3) is 5.91 Å². The van der Waals surface area contributed by atoms with Crippen LogP contribution in [0.3, 0.4) is 0 Å². The summed E-state index contributed by atoms with van der Waals surface area (Å²) in [4.78, 5) is 12.0. The minimum absolute atomic E-state index is 0.0208. The maximum atomic E-state index is 13.6. The Bertz CT molecular complexity index is 854. The van der Waals surface area contributed by atoms with E-state index in [1.165, 1.54) is 22.5 Å². The summed E-state index contributed by atoms with van der Waals surface area (Å²) in [5, 5.41) is 2.53. The molecule has 0 aromatic heterocycles. The topological polar surface area (TPSA) is 75.7 Å². The number of carbonyl (C=O) groups excluding carboxylic acids is 1. The SMILES string of the molecule is CCOc1ccc(N(CCNC(=O)c2ccccc2F)S(C)(=O)=O)cc1. The molecule has 140 valence electrons. The lowest BCUT2D eigenvalue weighted by Crippen LogP contribution is -2.38. The number of anilines is 1. The Hall–Kier alpha value is -2.61. The molecule has 0 saturated carbocycles. The number of sulfonamides is 1. The molecule has 0 aliphatic rings. The van der Waals surface area contributed by atoms with Crippen LogP contribution in [0.5, 0.6) is 5.75 Å². The van der Waals surface area contributed by atoms with Crippen molar-refractivity contribution in [3.05, 3.63) is 59.9 Å². The number of carbonyl (C=O) groups is 1. The number of hydrogen-bond acceptors (Lipinski definition) is 4. The van der Waals surface area contributed by atoms with Crippen LogP contribution in [0.2, 0.25) is 0 Å². The van der Waals surface area contributed by atoms with Crippen LogP contribution in [0.4, 0.5) is 10.1 Å². The summed E-state index contributed by atoms with van der Waals surface area (Å²) in [6, 6.07) is 12.2. The number of ether oxygens (including phenoxy) is 1. The van der Waals surface area contributed by atoms with E-state index in [9.17, 15) is 17.6 Å². The van der Waals surface area contributed by atoms with Crippen LogP contribution < -0.4 is 14.4 Å². The summed E-state index contributed by atoms with van der Waals surface area (Å²) in [6.07, 6.45) is 1.09. The second-order valence-corrected chi connectivity index (χ2v) is 7.40. The third-order valence-corrected chi connectivity index (χ3v) is 4.75. The molecular formula is C18H21FN2O4S. The van der Waals surface area contributed by atoms with Gasteiger partial charge in [-0.25, -0.2) is 12.8 Å². The molecule has 0 aliphatic heterocycles. The lowest BCUT2D eigenvalue weighted by Gasteiger charge is -2.22. The number of halogens is 1. The van der Waals surface area contributed by atoms with Gasteiger partial charge in [-0.05, 0) is 43.3 Å². The minimum atomic E-state index is -3.55. The highest BCUT2D eigenvalue weighted by Gasteiger charge is 2.18. The number of hydrogen-bond donors (Lipinski definition) is 1. The van der Waals surface area contributed by atoms with E-state index in [0.29, 0.717) is 18.0 Å². The molecule has 0 atom stereocenters. The lowest BCUT2D eigenvalue weighted by molar-refractivity contribution is 0.0951. The molecule has 6 nitrogen and oxygen atoms in total. The maximum Gasteiger partial charge on any atom is 0.254 e. The molecule has 0 heterocycles. The first-order chi connectivity index (χ1) is 12.3. The lowest BCUT2D eigenvalue weighted by atomic mass is 10.2. The molecule has 2 rings (SSSR count). The largest absolute Gasteiger partial charge is 0.494 e. The Labute approximate surface area is 152 Å². The maximum absolute atomic E-state index is 13.6. The van der Waals surface area contributed by atoms with Crippen molar-refractivity contribution in [3.63, 3.8) is 0 Å². The van der Waals surface area contributed by atoms with Crippen molar-refractivity contribution in [2.75, 3.05) is 30.3 Å². The van der Waals surface area contributed by atoms with E-state index in [0.717, 1.165) is 6.26 Å². The van der Waals surface area contributed by atoms with E-state index in [2.05, 4.69) is 5.32 Å². The molecule has 0 bridgehead atoms. The van der Waals surface area contributed by atoms with Crippen LogP contribution in [-0.4, -0.2) is 40.3 Å². The van der Waals surface area contributed by atoms with Crippen LogP contribution in [0.25, 0.3) is 0 Å². The van der Waals surface area contributed by atoms with Crippen molar-refractivity contribution in [2.45, 2.75) is 6.92 Å². The second kappa shape index (κ2) is 8.66. The normalized spacial score (nSPS) is 11.0. The van der Waals surface area contributed by atoms with E-state index < -0.39 is 21.7 Å². The first-order valence-electron chi connectivity index (χ1n) is 8.06. The van der Waals surface area contributed by atoms with Crippen LogP contribution in [0.1, 0.15) is 17.3 Å². The molecule has 0 radical (unpaired) electrons. The fourth-order valence-electron chi connectivity index (χ4n) is 2.37. The molecule has 1 amide bonds. The fraction of sp³-hybridized carbons (Fsp3) is 0.278. The number of amides is 1. The number of nitrogens with zero attached hydrogens (tertiary/aromatic N) is 1. The zero-order valence-corrected chi connectivity index (χ0v) is 15.4. The van der Waals surface area contributed by atoms with Crippen molar-refractivity contribution in [1.82, 2.24) is 5.32 Å². The van der Waals surface area contributed by atoms with E-state index in [-0.39, 0.29) is 18.7 Å². The van der Waals surface area contributed by atoms with Gasteiger partial charge in [-0.1, -0.05) is 12.1 Å². The summed E-state index contributed by atoms with van der Waals surface area (Å²) in [7, 11) is -3.55. The average molecular weight is 380 g/mol. The molecule has 1 N–H and O–H groups in total. The molecule has 0 saturated heterocycles. The van der Waals surface area contributed by atoms with E-state index in [1.807, 2.05) is 6.92 Å². The Morgan fingerprint density at radius 3 is 2.38 bits per heavy atom. The molecule has 0 unspecified atom stereocenters.